The van der Waals surface area contributed by atoms with E-state index >= 15 is 0 Å². The van der Waals surface area contributed by atoms with E-state index in [4.69, 9.17) is 4.74 Å². The molecule has 0 radical (unpaired) electrons. The molecule has 2 aliphatic rings. The van der Waals surface area contributed by atoms with Crippen molar-refractivity contribution in [2.75, 3.05) is 32.8 Å². The fraction of sp³-hybridized carbons (Fsp3) is 0.667. The number of aromatic amines is 1. The van der Waals surface area contributed by atoms with Gasteiger partial charge in [-0.15, -0.1) is 0 Å². The van der Waals surface area contributed by atoms with Gasteiger partial charge in [0.1, 0.15) is 5.82 Å². The highest BCUT2D eigenvalue weighted by atomic mass is 16.5. The van der Waals surface area contributed by atoms with E-state index in [1.165, 1.54) is 6.07 Å². The predicted molar refractivity (Wildman–Crippen MR) is 80.5 cm³/mol. The third kappa shape index (κ3) is 3.20. The number of nitrogens with zero attached hydrogens (tertiary/aromatic N) is 2. The maximum atomic E-state index is 12.8. The van der Waals surface area contributed by atoms with E-state index in [1.54, 1.807) is 6.92 Å². The zero-order valence-electron chi connectivity index (χ0n) is 12.8. The van der Waals surface area contributed by atoms with E-state index in [-0.39, 0.29) is 23.4 Å². The molecule has 0 aliphatic carbocycles. The number of amides is 1. The molecule has 0 saturated carbocycles. The Morgan fingerprint density at radius 3 is 2.91 bits per heavy atom. The first-order valence-electron chi connectivity index (χ1n) is 7.82. The molecule has 7 heteroatoms. The Labute approximate surface area is 129 Å². The fourth-order valence-corrected chi connectivity index (χ4v) is 3.19. The molecule has 3 rings (SSSR count). The van der Waals surface area contributed by atoms with Crippen LogP contribution < -0.4 is 10.9 Å². The Morgan fingerprint density at radius 2 is 2.18 bits per heavy atom. The number of aromatic nitrogens is 2. The number of H-pyrrole nitrogens is 1. The van der Waals surface area contributed by atoms with Gasteiger partial charge in [-0.25, -0.2) is 4.98 Å². The summed E-state index contributed by atoms with van der Waals surface area (Å²) in [5.74, 6) is 0.779. The van der Waals surface area contributed by atoms with Crippen molar-refractivity contribution in [2.45, 2.75) is 25.8 Å². The van der Waals surface area contributed by atoms with E-state index in [9.17, 15) is 9.59 Å². The smallest absolute Gasteiger partial charge is 0.251 e. The Kier molecular flexibility index (Phi) is 4.54. The molecule has 22 heavy (non-hydrogen) atoms. The lowest BCUT2D eigenvalue weighted by Crippen LogP contribution is -2.48. The van der Waals surface area contributed by atoms with Crippen LogP contribution in [0.2, 0.25) is 0 Å². The minimum absolute atomic E-state index is 0.0601. The molecule has 1 atom stereocenters. The van der Waals surface area contributed by atoms with Crippen molar-refractivity contribution < 1.29 is 9.53 Å². The Balaban J connectivity index is 1.84. The Bertz CT molecular complexity index is 595. The van der Waals surface area contributed by atoms with E-state index in [0.29, 0.717) is 31.3 Å². The molecule has 0 aromatic carbocycles. The van der Waals surface area contributed by atoms with Gasteiger partial charge in [0.25, 0.3) is 5.56 Å². The van der Waals surface area contributed by atoms with Crippen LogP contribution in [0.15, 0.2) is 10.9 Å². The number of ether oxygens (including phenoxy) is 1. The van der Waals surface area contributed by atoms with Crippen LogP contribution in [0.25, 0.3) is 0 Å². The van der Waals surface area contributed by atoms with Gasteiger partial charge in [-0.2, -0.15) is 0 Å². The largest absolute Gasteiger partial charge is 0.377 e. The van der Waals surface area contributed by atoms with Crippen molar-refractivity contribution in [1.29, 1.82) is 0 Å². The van der Waals surface area contributed by atoms with E-state index < -0.39 is 0 Å². The number of aryl methyl sites for hydroxylation is 1. The summed E-state index contributed by atoms with van der Waals surface area (Å²) in [7, 11) is 0. The second-order valence-electron chi connectivity index (χ2n) is 5.90. The number of morpholine rings is 1. The van der Waals surface area contributed by atoms with Crippen LogP contribution in [0.1, 0.15) is 30.4 Å². The molecule has 1 unspecified atom stereocenters. The monoisotopic (exact) mass is 306 g/mol. The molecule has 2 N–H and O–H groups in total. The highest BCUT2D eigenvalue weighted by Gasteiger charge is 2.34. The molecule has 3 heterocycles. The lowest BCUT2D eigenvalue weighted by Gasteiger charge is -2.38. The summed E-state index contributed by atoms with van der Waals surface area (Å²) in [5.41, 5.74) is 0.422. The summed E-state index contributed by atoms with van der Waals surface area (Å²) in [6, 6.07) is 1.20. The average Bonchev–Trinajstić information content (AvgIpc) is 2.54. The number of piperidine rings is 1. The van der Waals surface area contributed by atoms with E-state index in [2.05, 4.69) is 15.3 Å². The molecule has 2 aliphatic heterocycles. The summed E-state index contributed by atoms with van der Waals surface area (Å²) in [5, 5.41) is 3.28. The first kappa shape index (κ1) is 15.2. The number of carbonyl (C=O) groups excluding carboxylic acids is 1. The molecule has 0 bridgehead atoms. The van der Waals surface area contributed by atoms with Crippen LogP contribution in [0, 0.1) is 12.8 Å². The summed E-state index contributed by atoms with van der Waals surface area (Å²) in [4.78, 5) is 33.4. The van der Waals surface area contributed by atoms with Gasteiger partial charge in [0.2, 0.25) is 5.91 Å². The van der Waals surface area contributed by atoms with Crippen LogP contribution in [0.3, 0.4) is 0 Å². The van der Waals surface area contributed by atoms with Crippen LogP contribution >= 0.6 is 0 Å². The molecular formula is C15H22N4O3. The average molecular weight is 306 g/mol. The predicted octanol–water partition coefficient (Wildman–Crippen LogP) is -0.0222. The fourth-order valence-electron chi connectivity index (χ4n) is 3.19. The highest BCUT2D eigenvalue weighted by Crippen LogP contribution is 2.26. The zero-order chi connectivity index (χ0) is 15.5. The van der Waals surface area contributed by atoms with Gasteiger partial charge in [0, 0.05) is 18.5 Å². The van der Waals surface area contributed by atoms with E-state index in [1.807, 2.05) is 4.90 Å². The summed E-state index contributed by atoms with van der Waals surface area (Å²) >= 11 is 0. The highest BCUT2D eigenvalue weighted by molar-refractivity contribution is 5.79. The van der Waals surface area contributed by atoms with Crippen molar-refractivity contribution in [3.63, 3.8) is 0 Å². The number of hydrogen-bond donors (Lipinski definition) is 2. The first-order valence-corrected chi connectivity index (χ1v) is 7.82. The van der Waals surface area contributed by atoms with Crippen LogP contribution in [-0.4, -0.2) is 53.6 Å². The van der Waals surface area contributed by atoms with Crippen LogP contribution in [0.4, 0.5) is 0 Å². The van der Waals surface area contributed by atoms with Crippen molar-refractivity contribution in [3.8, 4) is 0 Å². The Hall–Kier alpha value is -1.73. The summed E-state index contributed by atoms with van der Waals surface area (Å²) < 4.78 is 5.53. The molecule has 1 aromatic rings. The molecular weight excluding hydrogens is 284 g/mol. The number of hydrogen-bond acceptors (Lipinski definition) is 5. The maximum Gasteiger partial charge on any atom is 0.251 e. The Morgan fingerprint density at radius 1 is 1.41 bits per heavy atom. The van der Waals surface area contributed by atoms with Gasteiger partial charge in [-0.3, -0.25) is 9.59 Å². The third-order valence-electron chi connectivity index (χ3n) is 4.32. The van der Waals surface area contributed by atoms with Gasteiger partial charge >= 0.3 is 0 Å². The number of rotatable bonds is 2. The van der Waals surface area contributed by atoms with Crippen molar-refractivity contribution >= 4 is 5.91 Å². The lowest BCUT2D eigenvalue weighted by molar-refractivity contribution is -0.145. The van der Waals surface area contributed by atoms with Gasteiger partial charge < -0.3 is 19.9 Å². The second-order valence-corrected chi connectivity index (χ2v) is 5.90. The molecule has 2 fully saturated rings. The van der Waals surface area contributed by atoms with Crippen molar-refractivity contribution in [1.82, 2.24) is 20.2 Å². The maximum absolute atomic E-state index is 12.8. The number of nitrogens with one attached hydrogen (secondary N) is 2. The summed E-state index contributed by atoms with van der Waals surface area (Å²) in [6.07, 6.45) is 1.73. The topological polar surface area (TPSA) is 87.3 Å². The quantitative estimate of drug-likeness (QED) is 0.802. The third-order valence-corrected chi connectivity index (χ3v) is 4.32. The SMILES string of the molecule is Cc1nc(C2COCCN2C(=O)C2CCNCC2)cc(=O)[nH]1. The number of carbonyl (C=O) groups is 1. The molecule has 7 nitrogen and oxygen atoms in total. The zero-order valence-corrected chi connectivity index (χ0v) is 12.8. The second kappa shape index (κ2) is 6.58. The van der Waals surface area contributed by atoms with Crippen molar-refractivity contribution in [3.05, 3.63) is 27.9 Å². The van der Waals surface area contributed by atoms with Gasteiger partial charge in [-0.05, 0) is 32.9 Å². The van der Waals surface area contributed by atoms with Crippen LogP contribution in [-0.2, 0) is 9.53 Å². The van der Waals surface area contributed by atoms with Gasteiger partial charge in [-0.1, -0.05) is 0 Å². The minimum Gasteiger partial charge on any atom is -0.377 e. The van der Waals surface area contributed by atoms with Crippen LogP contribution in [0.5, 0.6) is 0 Å². The standard InChI is InChI=1S/C15H22N4O3/c1-10-17-12(8-14(20)18-10)13-9-22-7-6-19(13)15(21)11-2-4-16-5-3-11/h8,11,13,16H,2-7,9H2,1H3,(H,17,18,20). The molecule has 0 spiro atoms. The molecule has 120 valence electrons. The molecule has 2 saturated heterocycles. The first-order chi connectivity index (χ1) is 10.6. The summed E-state index contributed by atoms with van der Waals surface area (Å²) in [6.45, 7) is 5.00. The van der Waals surface area contributed by atoms with Gasteiger partial charge in [0.15, 0.2) is 0 Å². The van der Waals surface area contributed by atoms with Crippen molar-refractivity contribution in [2.24, 2.45) is 5.92 Å². The van der Waals surface area contributed by atoms with E-state index in [0.717, 1.165) is 25.9 Å². The van der Waals surface area contributed by atoms with Gasteiger partial charge in [0.05, 0.1) is 24.9 Å². The lowest BCUT2D eigenvalue weighted by atomic mass is 9.95. The normalized spacial score (nSPS) is 23.5. The molecule has 1 aromatic heterocycles. The minimum atomic E-state index is -0.267. The molecule has 1 amide bonds.